The first-order chi connectivity index (χ1) is 10.2. The number of para-hydroxylation sites is 1. The average Bonchev–Trinajstić information content (AvgIpc) is 2.95. The highest BCUT2D eigenvalue weighted by Crippen LogP contribution is 2.24. The third-order valence-electron chi connectivity index (χ3n) is 4.01. The highest BCUT2D eigenvalue weighted by atomic mass is 16.1. The van der Waals surface area contributed by atoms with Gasteiger partial charge in [-0.05, 0) is 25.1 Å². The maximum Gasteiger partial charge on any atom is 0.221 e. The number of primary amides is 1. The number of pyridine rings is 1. The van der Waals surface area contributed by atoms with Gasteiger partial charge in [0, 0.05) is 24.0 Å². The Morgan fingerprint density at radius 2 is 2.24 bits per heavy atom. The number of aromatic nitrogens is 1. The summed E-state index contributed by atoms with van der Waals surface area (Å²) in [5, 5.41) is 1.08. The predicted octanol–water partition coefficient (Wildman–Crippen LogP) is 0.828. The fraction of sp³-hybridized carbons (Fsp3) is 0.333. The first-order valence-electron chi connectivity index (χ1n) is 7.04. The van der Waals surface area contributed by atoms with E-state index in [2.05, 4.69) is 21.4 Å². The highest BCUT2D eigenvalue weighted by Gasteiger charge is 2.27. The summed E-state index contributed by atoms with van der Waals surface area (Å²) in [6.07, 6.45) is 0.821. The second-order valence-electron chi connectivity index (χ2n) is 5.46. The number of benzene rings is 1. The number of nitrogens with two attached hydrogens (primary N) is 2. The second kappa shape index (κ2) is 5.67. The van der Waals surface area contributed by atoms with Crippen molar-refractivity contribution in [3.05, 3.63) is 35.9 Å². The van der Waals surface area contributed by atoms with Gasteiger partial charge in [0.15, 0.2) is 0 Å². The number of amides is 1. The van der Waals surface area contributed by atoms with Gasteiger partial charge in [-0.15, -0.1) is 0 Å². The molecule has 1 amide bonds. The Balaban J connectivity index is 1.84. The van der Waals surface area contributed by atoms with Crippen LogP contribution in [0.15, 0.2) is 30.3 Å². The number of hydrazine groups is 1. The number of hydrogen-bond donors (Lipinski definition) is 3. The highest BCUT2D eigenvalue weighted by molar-refractivity contribution is 5.81. The molecule has 0 bridgehead atoms. The number of likely N-dealkylation sites (tertiary alicyclic amines) is 1. The van der Waals surface area contributed by atoms with E-state index in [0.717, 1.165) is 29.4 Å². The van der Waals surface area contributed by atoms with Gasteiger partial charge in [-0.2, -0.15) is 0 Å². The zero-order valence-corrected chi connectivity index (χ0v) is 11.7. The smallest absolute Gasteiger partial charge is 0.221 e. The summed E-state index contributed by atoms with van der Waals surface area (Å²) in [6.45, 7) is 2.28. The quantitative estimate of drug-likeness (QED) is 0.571. The van der Waals surface area contributed by atoms with E-state index in [1.165, 1.54) is 0 Å². The van der Waals surface area contributed by atoms with Gasteiger partial charge in [0.2, 0.25) is 5.91 Å². The number of anilines is 1. The Morgan fingerprint density at radius 3 is 2.95 bits per heavy atom. The minimum Gasteiger partial charge on any atom is -0.369 e. The fourth-order valence-electron chi connectivity index (χ4n) is 2.85. The van der Waals surface area contributed by atoms with Gasteiger partial charge >= 0.3 is 0 Å². The van der Waals surface area contributed by atoms with Crippen molar-refractivity contribution in [1.29, 1.82) is 0 Å². The van der Waals surface area contributed by atoms with Gasteiger partial charge in [-0.25, -0.2) is 10.8 Å². The summed E-state index contributed by atoms with van der Waals surface area (Å²) in [7, 11) is 0. The van der Waals surface area contributed by atoms with Crippen LogP contribution in [0, 0.1) is 5.92 Å². The molecule has 110 valence electrons. The average molecular weight is 285 g/mol. The SMILES string of the molecule is NNc1nc2ccccc2cc1CN1CCC(C(N)=O)C1. The van der Waals surface area contributed by atoms with E-state index in [9.17, 15) is 4.79 Å². The minimum atomic E-state index is -0.216. The van der Waals surface area contributed by atoms with Crippen molar-refractivity contribution < 1.29 is 4.79 Å². The van der Waals surface area contributed by atoms with Crippen molar-refractivity contribution in [3.8, 4) is 0 Å². The van der Waals surface area contributed by atoms with Crippen molar-refractivity contribution in [1.82, 2.24) is 9.88 Å². The van der Waals surface area contributed by atoms with Gasteiger partial charge in [0.05, 0.1) is 11.4 Å². The number of nitrogens with one attached hydrogen (secondary N) is 1. The Bertz CT molecular complexity index is 672. The molecule has 3 rings (SSSR count). The molecular formula is C15H19N5O. The number of nitrogen functional groups attached to an aromatic ring is 1. The molecular weight excluding hydrogens is 266 g/mol. The summed E-state index contributed by atoms with van der Waals surface area (Å²) in [4.78, 5) is 18.0. The van der Waals surface area contributed by atoms with Crippen molar-refractivity contribution in [2.24, 2.45) is 17.5 Å². The molecule has 0 aliphatic carbocycles. The largest absolute Gasteiger partial charge is 0.369 e. The van der Waals surface area contributed by atoms with Crippen LogP contribution in [0.3, 0.4) is 0 Å². The van der Waals surface area contributed by atoms with Gasteiger partial charge in [-0.1, -0.05) is 18.2 Å². The van der Waals surface area contributed by atoms with Crippen molar-refractivity contribution in [2.75, 3.05) is 18.5 Å². The van der Waals surface area contributed by atoms with E-state index in [1.54, 1.807) is 0 Å². The molecule has 6 nitrogen and oxygen atoms in total. The van der Waals surface area contributed by atoms with Gasteiger partial charge in [-0.3, -0.25) is 9.69 Å². The zero-order chi connectivity index (χ0) is 14.8. The molecule has 1 fully saturated rings. The van der Waals surface area contributed by atoms with Crippen molar-refractivity contribution in [3.63, 3.8) is 0 Å². The van der Waals surface area contributed by atoms with E-state index >= 15 is 0 Å². The maximum absolute atomic E-state index is 11.2. The molecule has 2 aromatic rings. The lowest BCUT2D eigenvalue weighted by atomic mass is 10.1. The molecule has 0 radical (unpaired) electrons. The Hall–Kier alpha value is -2.18. The Kier molecular flexibility index (Phi) is 3.72. The first kappa shape index (κ1) is 13.8. The maximum atomic E-state index is 11.2. The molecule has 21 heavy (non-hydrogen) atoms. The lowest BCUT2D eigenvalue weighted by molar-refractivity contribution is -0.121. The summed E-state index contributed by atoms with van der Waals surface area (Å²) in [6, 6.07) is 10.0. The molecule has 1 saturated heterocycles. The summed E-state index contributed by atoms with van der Waals surface area (Å²) in [5.74, 6) is 6.00. The minimum absolute atomic E-state index is 0.0484. The van der Waals surface area contributed by atoms with Crippen molar-refractivity contribution in [2.45, 2.75) is 13.0 Å². The predicted molar refractivity (Wildman–Crippen MR) is 82.1 cm³/mol. The topological polar surface area (TPSA) is 97.3 Å². The van der Waals surface area contributed by atoms with E-state index in [1.807, 2.05) is 24.3 Å². The number of fused-ring (bicyclic) bond motifs is 1. The van der Waals surface area contributed by atoms with Crippen LogP contribution >= 0.6 is 0 Å². The van der Waals surface area contributed by atoms with Crippen LogP contribution in [0.1, 0.15) is 12.0 Å². The summed E-state index contributed by atoms with van der Waals surface area (Å²) < 4.78 is 0. The second-order valence-corrected chi connectivity index (χ2v) is 5.46. The molecule has 0 saturated carbocycles. The van der Waals surface area contributed by atoms with Crippen LogP contribution in [0.2, 0.25) is 0 Å². The number of carbonyl (C=O) groups excluding carboxylic acids is 1. The van der Waals surface area contributed by atoms with Crippen LogP contribution in [0.25, 0.3) is 10.9 Å². The van der Waals surface area contributed by atoms with Gasteiger partial charge in [0.25, 0.3) is 0 Å². The molecule has 1 aromatic heterocycles. The molecule has 1 aromatic carbocycles. The van der Waals surface area contributed by atoms with Crippen molar-refractivity contribution >= 4 is 22.6 Å². The molecule has 5 N–H and O–H groups in total. The number of nitrogens with zero attached hydrogens (tertiary/aromatic N) is 2. The molecule has 1 unspecified atom stereocenters. The zero-order valence-electron chi connectivity index (χ0n) is 11.7. The monoisotopic (exact) mass is 285 g/mol. The van der Waals surface area contributed by atoms with E-state index in [-0.39, 0.29) is 11.8 Å². The third kappa shape index (κ3) is 2.81. The molecule has 1 aliphatic heterocycles. The molecule has 1 aliphatic rings. The standard InChI is InChI=1S/C15H19N5O/c16-14(21)11-5-6-20(8-11)9-12-7-10-3-1-2-4-13(10)18-15(12)19-17/h1-4,7,11H,5-6,8-9,17H2,(H2,16,21)(H,18,19). The van der Waals surface area contributed by atoms with Gasteiger partial charge < -0.3 is 11.2 Å². The molecule has 2 heterocycles. The fourth-order valence-corrected chi connectivity index (χ4v) is 2.85. The Morgan fingerprint density at radius 1 is 1.43 bits per heavy atom. The Labute approximate surface area is 123 Å². The molecule has 6 heteroatoms. The third-order valence-corrected chi connectivity index (χ3v) is 4.01. The van der Waals surface area contributed by atoms with Crippen LogP contribution in [-0.2, 0) is 11.3 Å². The van der Waals surface area contributed by atoms with Crippen LogP contribution in [0.5, 0.6) is 0 Å². The number of carbonyl (C=O) groups is 1. The van der Waals surface area contributed by atoms with Gasteiger partial charge in [0.1, 0.15) is 5.82 Å². The number of hydrogen-bond acceptors (Lipinski definition) is 5. The lowest BCUT2D eigenvalue weighted by Crippen LogP contribution is -2.27. The van der Waals surface area contributed by atoms with Crippen LogP contribution in [-0.4, -0.2) is 28.9 Å². The lowest BCUT2D eigenvalue weighted by Gasteiger charge is -2.18. The van der Waals surface area contributed by atoms with Crippen LogP contribution < -0.4 is 17.0 Å². The van der Waals surface area contributed by atoms with E-state index < -0.39 is 0 Å². The number of rotatable bonds is 4. The molecule has 0 spiro atoms. The summed E-state index contributed by atoms with van der Waals surface area (Å²) >= 11 is 0. The first-order valence-corrected chi connectivity index (χ1v) is 7.04. The van der Waals surface area contributed by atoms with E-state index in [0.29, 0.717) is 18.9 Å². The van der Waals surface area contributed by atoms with E-state index in [4.69, 9.17) is 11.6 Å². The van der Waals surface area contributed by atoms with Crippen LogP contribution in [0.4, 0.5) is 5.82 Å². The molecule has 1 atom stereocenters. The normalized spacial score (nSPS) is 19.0. The summed E-state index contributed by atoms with van der Waals surface area (Å²) in [5.41, 5.74) is 9.98.